The fraction of sp³-hybridized carbons (Fsp3) is 0.125. The maximum Gasteiger partial charge on any atom is 0.0652 e. The molecule has 2 rings (SSSR count). The summed E-state index contributed by atoms with van der Waals surface area (Å²) in [5.74, 6) is 0. The quantitative estimate of drug-likeness (QED) is 0.712. The topological polar surface area (TPSA) is 28.7 Å². The van der Waals surface area contributed by atoms with Gasteiger partial charge in [-0.2, -0.15) is 0 Å². The van der Waals surface area contributed by atoms with E-state index in [9.17, 15) is 0 Å². The summed E-state index contributed by atoms with van der Waals surface area (Å²) in [5, 5.41) is 1.19. The first-order chi connectivity index (χ1) is 5.29. The Bertz CT molecular complexity index is 392. The number of aromatic amines is 1. The van der Waals surface area contributed by atoms with Crippen molar-refractivity contribution in [1.29, 1.82) is 0 Å². The van der Waals surface area contributed by atoms with Crippen LogP contribution in [0.2, 0.25) is 0 Å². The van der Waals surface area contributed by atoms with E-state index in [2.05, 4.69) is 25.9 Å². The molecule has 2 heterocycles. The highest BCUT2D eigenvalue weighted by Gasteiger charge is 2.01. The molecule has 0 saturated heterocycles. The molecule has 0 aliphatic carbocycles. The summed E-state index contributed by atoms with van der Waals surface area (Å²) in [6.07, 6.45) is 3.76. The third-order valence-corrected chi connectivity index (χ3v) is 2.72. The standard InChI is InChI=1S/C8H7BrN2/c1-5-8(9)6-2-3-10-7(6)4-11-5/h2-4,10H,1H3. The van der Waals surface area contributed by atoms with Crippen molar-refractivity contribution < 1.29 is 0 Å². The Hall–Kier alpha value is -0.830. The first-order valence-corrected chi connectivity index (χ1v) is 4.16. The Morgan fingerprint density at radius 3 is 3.18 bits per heavy atom. The number of hydrogen-bond donors (Lipinski definition) is 1. The Labute approximate surface area is 72.8 Å². The van der Waals surface area contributed by atoms with Crippen LogP contribution in [0.5, 0.6) is 0 Å². The second kappa shape index (κ2) is 2.34. The van der Waals surface area contributed by atoms with Gasteiger partial charge in [-0.25, -0.2) is 0 Å². The molecule has 0 fully saturated rings. The van der Waals surface area contributed by atoms with Gasteiger partial charge in [-0.3, -0.25) is 4.98 Å². The maximum atomic E-state index is 4.20. The minimum Gasteiger partial charge on any atom is -0.360 e. The lowest BCUT2D eigenvalue weighted by molar-refractivity contribution is 1.20. The molecule has 0 atom stereocenters. The predicted molar refractivity (Wildman–Crippen MR) is 48.5 cm³/mol. The summed E-state index contributed by atoms with van der Waals surface area (Å²) in [4.78, 5) is 7.30. The van der Waals surface area contributed by atoms with Crippen molar-refractivity contribution in [2.75, 3.05) is 0 Å². The molecular formula is C8H7BrN2. The van der Waals surface area contributed by atoms with Crippen LogP contribution in [-0.4, -0.2) is 9.97 Å². The van der Waals surface area contributed by atoms with Crippen LogP contribution < -0.4 is 0 Å². The third kappa shape index (κ3) is 0.959. The van der Waals surface area contributed by atoms with Gasteiger partial charge >= 0.3 is 0 Å². The second-order valence-electron chi connectivity index (χ2n) is 2.46. The first-order valence-electron chi connectivity index (χ1n) is 3.37. The van der Waals surface area contributed by atoms with Gasteiger partial charge in [-0.05, 0) is 28.9 Å². The highest BCUT2D eigenvalue weighted by Crippen LogP contribution is 2.24. The summed E-state index contributed by atoms with van der Waals surface area (Å²) in [6.45, 7) is 1.98. The Balaban J connectivity index is 2.93. The lowest BCUT2D eigenvalue weighted by Crippen LogP contribution is -1.81. The summed E-state index contributed by atoms with van der Waals surface area (Å²) in [6, 6.07) is 2.04. The summed E-state index contributed by atoms with van der Waals surface area (Å²) in [5.41, 5.74) is 2.10. The molecule has 0 aromatic carbocycles. The van der Waals surface area contributed by atoms with Crippen LogP contribution in [0.4, 0.5) is 0 Å². The van der Waals surface area contributed by atoms with Crippen LogP contribution in [0.1, 0.15) is 5.69 Å². The van der Waals surface area contributed by atoms with Gasteiger partial charge in [0.25, 0.3) is 0 Å². The monoisotopic (exact) mass is 210 g/mol. The molecule has 2 aromatic heterocycles. The number of halogens is 1. The van der Waals surface area contributed by atoms with E-state index in [0.717, 1.165) is 15.7 Å². The van der Waals surface area contributed by atoms with Crippen molar-refractivity contribution in [3.05, 3.63) is 28.6 Å². The molecule has 0 saturated carbocycles. The number of hydrogen-bond acceptors (Lipinski definition) is 1. The zero-order chi connectivity index (χ0) is 7.84. The number of aryl methyl sites for hydroxylation is 1. The summed E-state index contributed by atoms with van der Waals surface area (Å²) < 4.78 is 1.08. The van der Waals surface area contributed by atoms with Crippen molar-refractivity contribution in [2.24, 2.45) is 0 Å². The van der Waals surface area contributed by atoms with Crippen LogP contribution in [0.15, 0.2) is 22.9 Å². The summed E-state index contributed by atoms with van der Waals surface area (Å²) in [7, 11) is 0. The molecule has 56 valence electrons. The molecule has 0 amide bonds. The van der Waals surface area contributed by atoms with Gasteiger partial charge in [0.05, 0.1) is 17.4 Å². The zero-order valence-corrected chi connectivity index (χ0v) is 7.64. The summed E-state index contributed by atoms with van der Waals surface area (Å²) >= 11 is 3.48. The van der Waals surface area contributed by atoms with Gasteiger partial charge in [0.15, 0.2) is 0 Å². The van der Waals surface area contributed by atoms with E-state index in [-0.39, 0.29) is 0 Å². The second-order valence-corrected chi connectivity index (χ2v) is 3.26. The number of rotatable bonds is 0. The first kappa shape index (κ1) is 6.85. The minimum absolute atomic E-state index is 1.03. The van der Waals surface area contributed by atoms with Crippen molar-refractivity contribution >= 4 is 26.8 Å². The molecular weight excluding hydrogens is 204 g/mol. The van der Waals surface area contributed by atoms with Crippen LogP contribution in [0, 0.1) is 6.92 Å². The zero-order valence-electron chi connectivity index (χ0n) is 6.06. The SMILES string of the molecule is Cc1ncc2[nH]ccc2c1Br. The fourth-order valence-corrected chi connectivity index (χ4v) is 1.54. The van der Waals surface area contributed by atoms with E-state index >= 15 is 0 Å². The van der Waals surface area contributed by atoms with Gasteiger partial charge < -0.3 is 4.98 Å². The predicted octanol–water partition coefficient (Wildman–Crippen LogP) is 2.63. The molecule has 1 N–H and O–H groups in total. The molecule has 2 nitrogen and oxygen atoms in total. The van der Waals surface area contributed by atoms with E-state index in [1.54, 1.807) is 0 Å². The Morgan fingerprint density at radius 2 is 2.36 bits per heavy atom. The van der Waals surface area contributed by atoms with Crippen molar-refractivity contribution in [3.8, 4) is 0 Å². The van der Waals surface area contributed by atoms with E-state index in [4.69, 9.17) is 0 Å². The number of aromatic nitrogens is 2. The number of fused-ring (bicyclic) bond motifs is 1. The number of pyridine rings is 1. The molecule has 0 unspecified atom stereocenters. The smallest absolute Gasteiger partial charge is 0.0652 e. The lowest BCUT2D eigenvalue weighted by atomic mass is 10.3. The van der Waals surface area contributed by atoms with Crippen LogP contribution in [0.3, 0.4) is 0 Å². The molecule has 0 aliphatic rings. The molecule has 0 bridgehead atoms. The van der Waals surface area contributed by atoms with Crippen LogP contribution >= 0.6 is 15.9 Å². The van der Waals surface area contributed by atoms with E-state index in [0.29, 0.717) is 0 Å². The largest absolute Gasteiger partial charge is 0.360 e. The van der Waals surface area contributed by atoms with Gasteiger partial charge in [-0.1, -0.05) is 0 Å². The van der Waals surface area contributed by atoms with Crippen molar-refractivity contribution in [1.82, 2.24) is 9.97 Å². The van der Waals surface area contributed by atoms with Crippen LogP contribution in [-0.2, 0) is 0 Å². The van der Waals surface area contributed by atoms with Gasteiger partial charge in [0, 0.05) is 16.1 Å². The average molecular weight is 211 g/mol. The minimum atomic E-state index is 1.03. The van der Waals surface area contributed by atoms with E-state index < -0.39 is 0 Å². The van der Waals surface area contributed by atoms with Crippen molar-refractivity contribution in [2.45, 2.75) is 6.92 Å². The molecule has 0 radical (unpaired) electrons. The Kier molecular flexibility index (Phi) is 1.46. The molecule has 11 heavy (non-hydrogen) atoms. The van der Waals surface area contributed by atoms with Gasteiger partial charge in [0.1, 0.15) is 0 Å². The molecule has 0 aliphatic heterocycles. The van der Waals surface area contributed by atoms with Gasteiger partial charge in [0.2, 0.25) is 0 Å². The van der Waals surface area contributed by atoms with Crippen LogP contribution in [0.25, 0.3) is 10.9 Å². The average Bonchev–Trinajstić information content (AvgIpc) is 2.45. The third-order valence-electron chi connectivity index (χ3n) is 1.72. The lowest BCUT2D eigenvalue weighted by Gasteiger charge is -1.96. The normalized spacial score (nSPS) is 10.7. The Morgan fingerprint density at radius 1 is 1.55 bits per heavy atom. The van der Waals surface area contributed by atoms with E-state index in [1.807, 2.05) is 25.4 Å². The maximum absolute atomic E-state index is 4.20. The highest BCUT2D eigenvalue weighted by molar-refractivity contribution is 9.10. The highest BCUT2D eigenvalue weighted by atomic mass is 79.9. The number of nitrogens with one attached hydrogen (secondary N) is 1. The van der Waals surface area contributed by atoms with E-state index in [1.165, 1.54) is 5.39 Å². The van der Waals surface area contributed by atoms with Gasteiger partial charge in [-0.15, -0.1) is 0 Å². The number of nitrogens with zero attached hydrogens (tertiary/aromatic N) is 1. The molecule has 0 spiro atoms. The number of H-pyrrole nitrogens is 1. The molecule has 3 heteroatoms. The van der Waals surface area contributed by atoms with Crippen molar-refractivity contribution in [3.63, 3.8) is 0 Å². The molecule has 2 aromatic rings. The fourth-order valence-electron chi connectivity index (χ4n) is 1.09.